The smallest absolute Gasteiger partial charge is 0.308 e. The summed E-state index contributed by atoms with van der Waals surface area (Å²) >= 11 is 2.44. The molecule has 0 N–H and O–H groups in total. The first kappa shape index (κ1) is 22.7. The average molecular weight is 481 g/mol. The second-order valence-electron chi connectivity index (χ2n) is 7.26. The van der Waals surface area contributed by atoms with Crippen LogP contribution in [0.4, 0.5) is 18.9 Å². The summed E-state index contributed by atoms with van der Waals surface area (Å²) < 4.78 is 41.2. The summed E-state index contributed by atoms with van der Waals surface area (Å²) in [4.78, 5) is 26.8. The minimum Gasteiger partial charge on any atom is -0.308 e. The van der Waals surface area contributed by atoms with Crippen LogP contribution in [0.25, 0.3) is 0 Å². The molecule has 0 fully saturated rings. The van der Waals surface area contributed by atoms with E-state index in [0.29, 0.717) is 21.4 Å². The van der Waals surface area contributed by atoms with Crippen LogP contribution in [0.15, 0.2) is 52.1 Å². The maximum Gasteiger partial charge on any atom is 0.416 e. The summed E-state index contributed by atoms with van der Waals surface area (Å²) in [7, 11) is 1.71. The van der Waals surface area contributed by atoms with E-state index in [9.17, 15) is 22.8 Å². The molecule has 11 heteroatoms. The molecule has 2 aromatic rings. The average Bonchev–Trinajstić information content (AvgIpc) is 3.12. The monoisotopic (exact) mass is 480 g/mol. The van der Waals surface area contributed by atoms with Crippen LogP contribution < -0.4 is 4.90 Å². The lowest BCUT2D eigenvalue weighted by molar-refractivity contribution is -0.137. The number of hydrogen-bond acceptors (Lipinski definition) is 6. The minimum atomic E-state index is -4.50. The van der Waals surface area contributed by atoms with Gasteiger partial charge in [-0.2, -0.15) is 13.2 Å². The van der Waals surface area contributed by atoms with Gasteiger partial charge in [-0.25, -0.2) is 0 Å². The van der Waals surface area contributed by atoms with Crippen LogP contribution in [-0.4, -0.2) is 38.0 Å². The minimum absolute atomic E-state index is 0.00709. The number of benzene rings is 1. The van der Waals surface area contributed by atoms with Gasteiger partial charge in [0.25, 0.3) is 0 Å². The van der Waals surface area contributed by atoms with Gasteiger partial charge < -0.3 is 9.47 Å². The molecule has 0 spiro atoms. The molecular formula is C21H19F3N4O2S2. The highest BCUT2D eigenvalue weighted by Gasteiger charge is 2.34. The Bertz CT molecular complexity index is 1120. The summed E-state index contributed by atoms with van der Waals surface area (Å²) in [6.45, 7) is -0.0143. The lowest BCUT2D eigenvalue weighted by atomic mass is 10.0. The molecule has 0 atom stereocenters. The number of aromatic nitrogens is 3. The largest absolute Gasteiger partial charge is 0.416 e. The summed E-state index contributed by atoms with van der Waals surface area (Å²) in [6.07, 6.45) is 2.97. The number of nitrogens with zero attached hydrogens (tertiary/aromatic N) is 4. The summed E-state index contributed by atoms with van der Waals surface area (Å²) in [5.74, 6) is 0.437. The molecule has 1 aliphatic carbocycles. The van der Waals surface area contributed by atoms with E-state index in [4.69, 9.17) is 0 Å². The summed E-state index contributed by atoms with van der Waals surface area (Å²) in [5.41, 5.74) is 0.0828. The molecule has 168 valence electrons. The number of carbonyl (C=O) groups excluding carboxylic acids is 2. The van der Waals surface area contributed by atoms with Gasteiger partial charge in [-0.15, -0.1) is 22.0 Å². The SMILES string of the molecule is Cn1c(CN2C(=O)CSc3ccc(C(F)(F)F)cc32)nnc1SCC(=O)C1=CCCC=C1. The van der Waals surface area contributed by atoms with Crippen molar-refractivity contribution in [3.05, 3.63) is 53.4 Å². The van der Waals surface area contributed by atoms with Gasteiger partial charge in [-0.1, -0.05) is 30.0 Å². The predicted molar refractivity (Wildman–Crippen MR) is 117 cm³/mol. The molecule has 1 aromatic heterocycles. The Labute approximate surface area is 190 Å². The van der Waals surface area contributed by atoms with Gasteiger partial charge >= 0.3 is 6.18 Å². The number of Topliss-reactive ketones (excluding diaryl/α,β-unsaturated/α-hetero) is 1. The lowest BCUT2D eigenvalue weighted by Gasteiger charge is -2.29. The Balaban J connectivity index is 1.51. The second kappa shape index (κ2) is 9.14. The van der Waals surface area contributed by atoms with Gasteiger partial charge in [0.05, 0.1) is 29.3 Å². The molecule has 1 amide bonds. The van der Waals surface area contributed by atoms with Crippen LogP contribution >= 0.6 is 23.5 Å². The standard InChI is InChI=1S/C21H19F3N4O2S2/c1-27-18(25-26-20(27)32-11-16(29)13-5-3-2-4-6-13)10-28-15-9-14(21(22,23)24)7-8-17(15)31-12-19(28)30/h3,5-9H,2,4,10-12H2,1H3. The molecule has 0 bridgehead atoms. The van der Waals surface area contributed by atoms with Crippen molar-refractivity contribution in [2.75, 3.05) is 16.4 Å². The number of alkyl halides is 3. The first-order valence-electron chi connectivity index (χ1n) is 9.79. The highest BCUT2D eigenvalue weighted by atomic mass is 32.2. The zero-order valence-electron chi connectivity index (χ0n) is 17.1. The third-order valence-corrected chi connectivity index (χ3v) is 7.17. The van der Waals surface area contributed by atoms with Crippen LogP contribution in [0.5, 0.6) is 0 Å². The van der Waals surface area contributed by atoms with E-state index in [0.717, 1.165) is 25.0 Å². The van der Waals surface area contributed by atoms with Gasteiger partial charge in [0, 0.05) is 17.5 Å². The van der Waals surface area contributed by atoms with E-state index < -0.39 is 11.7 Å². The lowest BCUT2D eigenvalue weighted by Crippen LogP contribution is -2.36. The van der Waals surface area contributed by atoms with Crippen molar-refractivity contribution >= 4 is 40.9 Å². The zero-order chi connectivity index (χ0) is 22.9. The van der Waals surface area contributed by atoms with Gasteiger partial charge in [0.2, 0.25) is 5.91 Å². The fourth-order valence-corrected chi connectivity index (χ4v) is 5.08. The van der Waals surface area contributed by atoms with Crippen LogP contribution in [0.1, 0.15) is 24.2 Å². The van der Waals surface area contributed by atoms with Crippen molar-refractivity contribution in [2.24, 2.45) is 7.05 Å². The Morgan fingerprint density at radius 3 is 2.78 bits per heavy atom. The molecule has 1 aromatic carbocycles. The molecule has 4 rings (SSSR count). The van der Waals surface area contributed by atoms with Gasteiger partial charge in [0.1, 0.15) is 0 Å². The second-order valence-corrected chi connectivity index (χ2v) is 9.22. The highest BCUT2D eigenvalue weighted by molar-refractivity contribution is 8.00. The molecule has 0 radical (unpaired) electrons. The molecule has 32 heavy (non-hydrogen) atoms. The fraction of sp³-hybridized carbons (Fsp3) is 0.333. The third-order valence-electron chi connectivity index (χ3n) is 5.10. The number of rotatable bonds is 6. The Kier molecular flexibility index (Phi) is 6.47. The molecular weight excluding hydrogens is 461 g/mol. The quantitative estimate of drug-likeness (QED) is 0.571. The first-order chi connectivity index (χ1) is 15.2. The zero-order valence-corrected chi connectivity index (χ0v) is 18.7. The van der Waals surface area contributed by atoms with E-state index in [1.807, 2.05) is 18.2 Å². The molecule has 2 heterocycles. The maximum atomic E-state index is 13.2. The molecule has 0 unspecified atom stereocenters. The van der Waals surface area contributed by atoms with Crippen molar-refractivity contribution < 1.29 is 22.8 Å². The number of hydrogen-bond donors (Lipinski definition) is 0. The summed E-state index contributed by atoms with van der Waals surface area (Å²) in [6, 6.07) is 3.40. The van der Waals surface area contributed by atoms with Crippen LogP contribution in [0, 0.1) is 0 Å². The fourth-order valence-electron chi connectivity index (χ4n) is 3.34. The number of amides is 1. The Morgan fingerprint density at radius 2 is 2.06 bits per heavy atom. The van der Waals surface area contributed by atoms with E-state index in [2.05, 4.69) is 10.2 Å². The van der Waals surface area contributed by atoms with Gasteiger partial charge in [-0.3, -0.25) is 9.59 Å². The van der Waals surface area contributed by atoms with Crippen molar-refractivity contribution in [3.63, 3.8) is 0 Å². The topological polar surface area (TPSA) is 68.1 Å². The number of thioether (sulfide) groups is 2. The predicted octanol–water partition coefficient (Wildman–Crippen LogP) is 4.41. The number of halogens is 3. The number of carbonyl (C=O) groups is 2. The number of ketones is 1. The van der Waals surface area contributed by atoms with Crippen molar-refractivity contribution in [2.45, 2.75) is 35.6 Å². The normalized spacial score (nSPS) is 16.2. The number of anilines is 1. The molecule has 6 nitrogen and oxygen atoms in total. The summed E-state index contributed by atoms with van der Waals surface area (Å²) in [5, 5.41) is 8.70. The van der Waals surface area contributed by atoms with Crippen molar-refractivity contribution in [1.29, 1.82) is 0 Å². The number of fused-ring (bicyclic) bond motifs is 1. The molecule has 1 aliphatic heterocycles. The van der Waals surface area contributed by atoms with E-state index >= 15 is 0 Å². The molecule has 2 aliphatic rings. The van der Waals surface area contributed by atoms with Crippen molar-refractivity contribution in [1.82, 2.24) is 14.8 Å². The Hall–Kier alpha value is -2.53. The van der Waals surface area contributed by atoms with E-state index in [1.165, 1.54) is 34.5 Å². The van der Waals surface area contributed by atoms with Crippen molar-refractivity contribution in [3.8, 4) is 0 Å². The highest BCUT2D eigenvalue weighted by Crippen LogP contribution is 2.40. The van der Waals surface area contributed by atoms with Crippen LogP contribution in [0.2, 0.25) is 0 Å². The Morgan fingerprint density at radius 1 is 1.25 bits per heavy atom. The van der Waals surface area contributed by atoms with Crippen LogP contribution in [-0.2, 0) is 29.4 Å². The van der Waals surface area contributed by atoms with Gasteiger partial charge in [-0.05, 0) is 31.0 Å². The maximum absolute atomic E-state index is 13.2. The van der Waals surface area contributed by atoms with E-state index in [-0.39, 0.29) is 35.4 Å². The third kappa shape index (κ3) is 4.78. The number of allylic oxidation sites excluding steroid dienone is 4. The molecule has 0 saturated carbocycles. The van der Waals surface area contributed by atoms with E-state index in [1.54, 1.807) is 11.6 Å². The van der Waals surface area contributed by atoms with Crippen LogP contribution in [0.3, 0.4) is 0 Å². The first-order valence-corrected chi connectivity index (χ1v) is 11.8. The van der Waals surface area contributed by atoms with Gasteiger partial charge in [0.15, 0.2) is 16.8 Å². The molecule has 0 saturated heterocycles.